The number of benzene rings is 1. The van der Waals surface area contributed by atoms with E-state index in [4.69, 9.17) is 14.2 Å². The van der Waals surface area contributed by atoms with Crippen LogP contribution in [0.15, 0.2) is 24.3 Å². The number of aromatic nitrogens is 2. The van der Waals surface area contributed by atoms with Crippen LogP contribution in [0.25, 0.3) is 10.9 Å². The Labute approximate surface area is 122 Å². The van der Waals surface area contributed by atoms with Gasteiger partial charge in [0.25, 0.3) is 0 Å². The third kappa shape index (κ3) is 2.80. The van der Waals surface area contributed by atoms with Gasteiger partial charge >= 0.3 is 5.97 Å². The molecule has 0 spiro atoms. The van der Waals surface area contributed by atoms with Gasteiger partial charge in [0, 0.05) is 11.8 Å². The molecule has 1 aromatic carbocycles. The fraction of sp³-hybridized carbons (Fsp3) is 0.400. The van der Waals surface area contributed by atoms with E-state index in [2.05, 4.69) is 10.2 Å². The number of hydrogen-bond acceptors (Lipinski definition) is 6. The Morgan fingerprint density at radius 3 is 3.00 bits per heavy atom. The van der Waals surface area contributed by atoms with Gasteiger partial charge < -0.3 is 14.2 Å². The molecule has 0 N–H and O–H groups in total. The fourth-order valence-electron chi connectivity index (χ4n) is 2.25. The summed E-state index contributed by atoms with van der Waals surface area (Å²) in [7, 11) is 0. The van der Waals surface area contributed by atoms with Crippen LogP contribution in [0, 0.1) is 0 Å². The SMILES string of the molecule is CCOC(=O)c1nnc2ccccc2c1OC1CCOC1. The van der Waals surface area contributed by atoms with Gasteiger partial charge in [-0.1, -0.05) is 12.1 Å². The third-order valence-corrected chi connectivity index (χ3v) is 3.26. The van der Waals surface area contributed by atoms with Gasteiger partial charge in [0.15, 0.2) is 5.75 Å². The van der Waals surface area contributed by atoms with E-state index >= 15 is 0 Å². The maximum Gasteiger partial charge on any atom is 0.362 e. The second-order valence-electron chi connectivity index (χ2n) is 4.72. The number of hydrogen-bond donors (Lipinski definition) is 0. The first-order valence-electron chi connectivity index (χ1n) is 6.96. The van der Waals surface area contributed by atoms with Crippen LogP contribution in [0.5, 0.6) is 5.75 Å². The van der Waals surface area contributed by atoms with E-state index in [1.165, 1.54) is 0 Å². The summed E-state index contributed by atoms with van der Waals surface area (Å²) in [6, 6.07) is 7.42. The Balaban J connectivity index is 2.05. The van der Waals surface area contributed by atoms with Gasteiger partial charge in [0.05, 0.1) is 25.3 Å². The molecule has 2 aromatic rings. The normalized spacial score (nSPS) is 17.9. The van der Waals surface area contributed by atoms with E-state index in [0.717, 1.165) is 11.8 Å². The van der Waals surface area contributed by atoms with Gasteiger partial charge in [-0.15, -0.1) is 10.2 Å². The van der Waals surface area contributed by atoms with Crippen LogP contribution in [0.1, 0.15) is 23.8 Å². The predicted octanol–water partition coefficient (Wildman–Crippen LogP) is 1.97. The molecule has 1 saturated heterocycles. The summed E-state index contributed by atoms with van der Waals surface area (Å²) in [6.07, 6.45) is 0.713. The molecular formula is C15H16N2O4. The topological polar surface area (TPSA) is 70.5 Å². The van der Waals surface area contributed by atoms with E-state index in [1.54, 1.807) is 6.92 Å². The first-order valence-corrected chi connectivity index (χ1v) is 6.96. The molecule has 6 nitrogen and oxygen atoms in total. The monoisotopic (exact) mass is 288 g/mol. The van der Waals surface area contributed by atoms with Crippen LogP contribution in [-0.2, 0) is 9.47 Å². The lowest BCUT2D eigenvalue weighted by molar-refractivity contribution is 0.0509. The Morgan fingerprint density at radius 1 is 1.38 bits per heavy atom. The van der Waals surface area contributed by atoms with Crippen LogP contribution < -0.4 is 4.74 Å². The number of carbonyl (C=O) groups is 1. The molecule has 1 atom stereocenters. The lowest BCUT2D eigenvalue weighted by Crippen LogP contribution is -2.19. The van der Waals surface area contributed by atoms with Crippen molar-refractivity contribution in [1.82, 2.24) is 10.2 Å². The number of ether oxygens (including phenoxy) is 3. The minimum atomic E-state index is -0.523. The summed E-state index contributed by atoms with van der Waals surface area (Å²) >= 11 is 0. The van der Waals surface area contributed by atoms with Crippen LogP contribution in [0.4, 0.5) is 0 Å². The van der Waals surface area contributed by atoms with E-state index in [1.807, 2.05) is 24.3 Å². The third-order valence-electron chi connectivity index (χ3n) is 3.26. The average molecular weight is 288 g/mol. The predicted molar refractivity (Wildman–Crippen MR) is 75.3 cm³/mol. The molecule has 21 heavy (non-hydrogen) atoms. The lowest BCUT2D eigenvalue weighted by atomic mass is 10.2. The van der Waals surface area contributed by atoms with E-state index < -0.39 is 5.97 Å². The molecule has 1 unspecified atom stereocenters. The molecule has 1 aliphatic heterocycles. The second-order valence-corrected chi connectivity index (χ2v) is 4.72. The molecule has 1 fully saturated rings. The van der Waals surface area contributed by atoms with Crippen molar-refractivity contribution in [1.29, 1.82) is 0 Å². The number of fused-ring (bicyclic) bond motifs is 1. The van der Waals surface area contributed by atoms with Crippen molar-refractivity contribution < 1.29 is 19.0 Å². The van der Waals surface area contributed by atoms with Gasteiger partial charge in [0.1, 0.15) is 6.10 Å². The van der Waals surface area contributed by atoms with Crippen molar-refractivity contribution in [2.24, 2.45) is 0 Å². The van der Waals surface area contributed by atoms with E-state index in [-0.39, 0.29) is 18.4 Å². The van der Waals surface area contributed by atoms with Gasteiger partial charge in [-0.25, -0.2) is 4.79 Å². The molecule has 110 valence electrons. The number of rotatable bonds is 4. The summed E-state index contributed by atoms with van der Waals surface area (Å²) in [5, 5.41) is 8.79. The molecule has 3 rings (SSSR count). The number of carbonyl (C=O) groups excluding carboxylic acids is 1. The highest BCUT2D eigenvalue weighted by molar-refractivity contribution is 5.97. The van der Waals surface area contributed by atoms with Crippen molar-refractivity contribution in [3.05, 3.63) is 30.0 Å². The van der Waals surface area contributed by atoms with Crippen molar-refractivity contribution in [2.45, 2.75) is 19.4 Å². The molecular weight excluding hydrogens is 272 g/mol. The van der Waals surface area contributed by atoms with Gasteiger partial charge in [-0.05, 0) is 19.1 Å². The minimum Gasteiger partial charge on any atom is -0.485 e. The van der Waals surface area contributed by atoms with Crippen LogP contribution in [0.3, 0.4) is 0 Å². The summed E-state index contributed by atoms with van der Waals surface area (Å²) in [4.78, 5) is 12.0. The summed E-state index contributed by atoms with van der Waals surface area (Å²) < 4.78 is 16.3. The summed E-state index contributed by atoms with van der Waals surface area (Å²) in [5.74, 6) is -0.0979. The molecule has 0 saturated carbocycles. The summed E-state index contributed by atoms with van der Waals surface area (Å²) in [6.45, 7) is 3.20. The van der Waals surface area contributed by atoms with Crippen LogP contribution in [-0.4, -0.2) is 42.1 Å². The van der Waals surface area contributed by atoms with Gasteiger partial charge in [-0.3, -0.25) is 0 Å². The maximum atomic E-state index is 12.0. The molecule has 0 aliphatic carbocycles. The molecule has 0 radical (unpaired) electrons. The number of esters is 1. The average Bonchev–Trinajstić information content (AvgIpc) is 3.01. The lowest BCUT2D eigenvalue weighted by Gasteiger charge is -2.15. The molecule has 1 aromatic heterocycles. The molecule has 2 heterocycles. The second kappa shape index (κ2) is 6.05. The highest BCUT2D eigenvalue weighted by atomic mass is 16.6. The van der Waals surface area contributed by atoms with Crippen LogP contribution in [0.2, 0.25) is 0 Å². The quantitative estimate of drug-likeness (QED) is 0.801. The minimum absolute atomic E-state index is 0.0780. The highest BCUT2D eigenvalue weighted by Crippen LogP contribution is 2.29. The Morgan fingerprint density at radius 2 is 2.24 bits per heavy atom. The van der Waals surface area contributed by atoms with Gasteiger partial charge in [-0.2, -0.15) is 0 Å². The molecule has 6 heteroatoms. The maximum absolute atomic E-state index is 12.0. The van der Waals surface area contributed by atoms with Crippen molar-refractivity contribution in [3.8, 4) is 5.75 Å². The Bertz CT molecular complexity index is 653. The molecule has 1 aliphatic rings. The largest absolute Gasteiger partial charge is 0.485 e. The smallest absolute Gasteiger partial charge is 0.362 e. The fourth-order valence-corrected chi connectivity index (χ4v) is 2.25. The van der Waals surface area contributed by atoms with Crippen molar-refractivity contribution in [2.75, 3.05) is 19.8 Å². The first kappa shape index (κ1) is 13.8. The summed E-state index contributed by atoms with van der Waals surface area (Å²) in [5.41, 5.74) is 0.793. The zero-order valence-electron chi connectivity index (χ0n) is 11.7. The van der Waals surface area contributed by atoms with E-state index in [9.17, 15) is 4.79 Å². The standard InChI is InChI=1S/C15H16N2O4/c1-2-20-15(18)13-14(21-10-7-8-19-9-10)11-5-3-4-6-12(11)16-17-13/h3-6,10H,2,7-9H2,1H3. The Kier molecular flexibility index (Phi) is 3.96. The van der Waals surface area contributed by atoms with Crippen LogP contribution >= 0.6 is 0 Å². The zero-order chi connectivity index (χ0) is 14.7. The molecule has 0 bridgehead atoms. The van der Waals surface area contributed by atoms with Gasteiger partial charge in [0.2, 0.25) is 5.69 Å². The highest BCUT2D eigenvalue weighted by Gasteiger charge is 2.25. The number of nitrogens with zero attached hydrogens (tertiary/aromatic N) is 2. The molecule has 0 amide bonds. The zero-order valence-corrected chi connectivity index (χ0v) is 11.7. The van der Waals surface area contributed by atoms with E-state index in [0.29, 0.717) is 24.5 Å². The Hall–Kier alpha value is -2.21. The van der Waals surface area contributed by atoms with Crippen molar-refractivity contribution >= 4 is 16.9 Å². The van der Waals surface area contributed by atoms with Crippen molar-refractivity contribution in [3.63, 3.8) is 0 Å². The first-order chi connectivity index (χ1) is 10.3.